The molecule has 0 fully saturated rings. The van der Waals surface area contributed by atoms with Crippen molar-refractivity contribution in [3.63, 3.8) is 0 Å². The summed E-state index contributed by atoms with van der Waals surface area (Å²) in [7, 11) is 0. The molecule has 1 N–H and O–H groups in total. The second kappa shape index (κ2) is 6.79. The van der Waals surface area contributed by atoms with E-state index in [0.717, 1.165) is 19.3 Å². The third-order valence-corrected chi connectivity index (χ3v) is 2.62. The van der Waals surface area contributed by atoms with E-state index in [9.17, 15) is 9.59 Å². The Balaban J connectivity index is 2.66. The number of carboxylic acid groups (broad SMARTS) is 1. The van der Waals surface area contributed by atoms with Crippen molar-refractivity contribution >= 4 is 11.9 Å². The second-order valence-electron chi connectivity index (χ2n) is 4.24. The van der Waals surface area contributed by atoms with Crippen LogP contribution >= 0.6 is 0 Å². The molecule has 18 heavy (non-hydrogen) atoms. The number of aromatic carboxylic acids is 1. The molecule has 4 heteroatoms. The topological polar surface area (TPSA) is 63.6 Å². The standard InChI is InChI=1S/C14H18O4/c1-3-4-6-10(2)18-14(17)12-8-5-7-11(9-12)13(15)16/h5,7-10H,3-4,6H2,1-2H3,(H,15,16). The quantitative estimate of drug-likeness (QED) is 0.788. The highest BCUT2D eigenvalue weighted by molar-refractivity contribution is 5.94. The Bertz CT molecular complexity index is 426. The predicted octanol–water partition coefficient (Wildman–Crippen LogP) is 3.12. The smallest absolute Gasteiger partial charge is 0.338 e. The van der Waals surface area contributed by atoms with E-state index in [2.05, 4.69) is 6.92 Å². The van der Waals surface area contributed by atoms with Crippen molar-refractivity contribution in [1.29, 1.82) is 0 Å². The SMILES string of the molecule is CCCCC(C)OC(=O)c1cccc(C(=O)O)c1. The number of benzene rings is 1. The molecule has 1 aromatic carbocycles. The lowest BCUT2D eigenvalue weighted by Gasteiger charge is -2.12. The van der Waals surface area contributed by atoms with E-state index >= 15 is 0 Å². The summed E-state index contributed by atoms with van der Waals surface area (Å²) in [6.07, 6.45) is 2.73. The van der Waals surface area contributed by atoms with Crippen molar-refractivity contribution in [2.24, 2.45) is 0 Å². The Labute approximate surface area is 107 Å². The summed E-state index contributed by atoms with van der Waals surface area (Å²) >= 11 is 0. The van der Waals surface area contributed by atoms with Gasteiger partial charge in [0, 0.05) is 0 Å². The average molecular weight is 250 g/mol. The van der Waals surface area contributed by atoms with Gasteiger partial charge in [-0.2, -0.15) is 0 Å². The summed E-state index contributed by atoms with van der Waals surface area (Å²) in [5, 5.41) is 8.84. The van der Waals surface area contributed by atoms with E-state index in [1.54, 1.807) is 6.07 Å². The van der Waals surface area contributed by atoms with Crippen molar-refractivity contribution in [2.45, 2.75) is 39.2 Å². The first-order valence-corrected chi connectivity index (χ1v) is 6.09. The van der Waals surface area contributed by atoms with Gasteiger partial charge in [-0.3, -0.25) is 0 Å². The molecule has 4 nitrogen and oxygen atoms in total. The minimum Gasteiger partial charge on any atom is -0.478 e. The molecule has 0 saturated carbocycles. The molecule has 0 aliphatic rings. The van der Waals surface area contributed by atoms with Crippen molar-refractivity contribution in [1.82, 2.24) is 0 Å². The van der Waals surface area contributed by atoms with Crippen LogP contribution in [0.15, 0.2) is 24.3 Å². The van der Waals surface area contributed by atoms with Crippen LogP contribution in [0.1, 0.15) is 53.8 Å². The summed E-state index contributed by atoms with van der Waals surface area (Å²) < 4.78 is 5.24. The van der Waals surface area contributed by atoms with E-state index in [1.165, 1.54) is 18.2 Å². The van der Waals surface area contributed by atoms with E-state index < -0.39 is 11.9 Å². The van der Waals surface area contributed by atoms with E-state index in [1.807, 2.05) is 6.92 Å². The number of hydrogen-bond donors (Lipinski definition) is 1. The fourth-order valence-corrected chi connectivity index (χ4v) is 1.58. The van der Waals surface area contributed by atoms with Crippen LogP contribution in [0.4, 0.5) is 0 Å². The lowest BCUT2D eigenvalue weighted by atomic mass is 10.1. The van der Waals surface area contributed by atoms with Crippen LogP contribution < -0.4 is 0 Å². The molecule has 0 radical (unpaired) electrons. The van der Waals surface area contributed by atoms with Crippen LogP contribution in [-0.4, -0.2) is 23.1 Å². The first-order chi connectivity index (χ1) is 8.54. The summed E-state index contributed by atoms with van der Waals surface area (Å²) in [5.41, 5.74) is 0.365. The van der Waals surface area contributed by atoms with Gasteiger partial charge in [0.25, 0.3) is 0 Å². The maximum Gasteiger partial charge on any atom is 0.338 e. The summed E-state index contributed by atoms with van der Waals surface area (Å²) in [5.74, 6) is -1.52. The monoisotopic (exact) mass is 250 g/mol. The highest BCUT2D eigenvalue weighted by Gasteiger charge is 2.13. The third kappa shape index (κ3) is 4.20. The number of esters is 1. The number of carboxylic acids is 1. The van der Waals surface area contributed by atoms with Gasteiger partial charge in [0.1, 0.15) is 0 Å². The Kier molecular flexibility index (Phi) is 5.36. The van der Waals surface area contributed by atoms with E-state index in [0.29, 0.717) is 0 Å². The van der Waals surface area contributed by atoms with Crippen LogP contribution in [0.25, 0.3) is 0 Å². The molecule has 1 aromatic rings. The average Bonchev–Trinajstić information content (AvgIpc) is 2.36. The van der Waals surface area contributed by atoms with Crippen LogP contribution in [0.2, 0.25) is 0 Å². The molecule has 0 spiro atoms. The molecule has 0 saturated heterocycles. The number of hydrogen-bond acceptors (Lipinski definition) is 3. The lowest BCUT2D eigenvalue weighted by molar-refractivity contribution is 0.0320. The van der Waals surface area contributed by atoms with Crippen LogP contribution in [0.3, 0.4) is 0 Å². The summed E-state index contributed by atoms with van der Waals surface area (Å²) in [4.78, 5) is 22.6. The van der Waals surface area contributed by atoms with Gasteiger partial charge in [0.05, 0.1) is 17.2 Å². The zero-order valence-electron chi connectivity index (χ0n) is 10.7. The fraction of sp³-hybridized carbons (Fsp3) is 0.429. The first-order valence-electron chi connectivity index (χ1n) is 6.09. The van der Waals surface area contributed by atoms with Gasteiger partial charge in [0.2, 0.25) is 0 Å². The Morgan fingerprint density at radius 2 is 2.00 bits per heavy atom. The van der Waals surface area contributed by atoms with Gasteiger partial charge >= 0.3 is 11.9 Å². The molecule has 98 valence electrons. The van der Waals surface area contributed by atoms with Crippen molar-refractivity contribution in [2.75, 3.05) is 0 Å². The number of carbonyl (C=O) groups excluding carboxylic acids is 1. The molecular formula is C14H18O4. The molecule has 1 rings (SSSR count). The molecule has 0 aliphatic carbocycles. The maximum absolute atomic E-state index is 11.8. The molecular weight excluding hydrogens is 232 g/mol. The molecule has 0 aromatic heterocycles. The molecule has 0 bridgehead atoms. The van der Waals surface area contributed by atoms with Crippen molar-refractivity contribution < 1.29 is 19.4 Å². The van der Waals surface area contributed by atoms with Crippen molar-refractivity contribution in [3.8, 4) is 0 Å². The third-order valence-electron chi connectivity index (χ3n) is 2.62. The lowest BCUT2D eigenvalue weighted by Crippen LogP contribution is -2.15. The Morgan fingerprint density at radius 3 is 2.61 bits per heavy atom. The molecule has 1 atom stereocenters. The second-order valence-corrected chi connectivity index (χ2v) is 4.24. The maximum atomic E-state index is 11.8. The number of rotatable bonds is 6. The minimum atomic E-state index is -1.05. The zero-order valence-corrected chi connectivity index (χ0v) is 10.7. The minimum absolute atomic E-state index is 0.0886. The fourth-order valence-electron chi connectivity index (χ4n) is 1.58. The molecule has 0 aliphatic heterocycles. The number of unbranched alkanes of at least 4 members (excludes halogenated alkanes) is 1. The number of ether oxygens (including phenoxy) is 1. The molecule has 0 amide bonds. The largest absolute Gasteiger partial charge is 0.478 e. The van der Waals surface area contributed by atoms with Gasteiger partial charge in [-0.15, -0.1) is 0 Å². The molecule has 0 heterocycles. The Morgan fingerprint density at radius 1 is 1.33 bits per heavy atom. The molecule has 1 unspecified atom stereocenters. The van der Waals surface area contributed by atoms with Gasteiger partial charge in [-0.1, -0.05) is 25.8 Å². The van der Waals surface area contributed by atoms with Gasteiger partial charge < -0.3 is 9.84 Å². The van der Waals surface area contributed by atoms with E-state index in [-0.39, 0.29) is 17.2 Å². The van der Waals surface area contributed by atoms with Gasteiger partial charge in [0.15, 0.2) is 0 Å². The predicted molar refractivity (Wildman–Crippen MR) is 67.8 cm³/mol. The first kappa shape index (κ1) is 14.2. The van der Waals surface area contributed by atoms with E-state index in [4.69, 9.17) is 9.84 Å². The normalized spacial score (nSPS) is 11.9. The zero-order chi connectivity index (χ0) is 13.5. The van der Waals surface area contributed by atoms with Crippen LogP contribution in [0, 0.1) is 0 Å². The van der Waals surface area contributed by atoms with Crippen molar-refractivity contribution in [3.05, 3.63) is 35.4 Å². The van der Waals surface area contributed by atoms with Crippen LogP contribution in [-0.2, 0) is 4.74 Å². The number of carbonyl (C=O) groups is 2. The van der Waals surface area contributed by atoms with Gasteiger partial charge in [-0.05, 0) is 31.5 Å². The van der Waals surface area contributed by atoms with Crippen LogP contribution in [0.5, 0.6) is 0 Å². The highest BCUT2D eigenvalue weighted by atomic mass is 16.5. The van der Waals surface area contributed by atoms with Gasteiger partial charge in [-0.25, -0.2) is 9.59 Å². The summed E-state index contributed by atoms with van der Waals surface area (Å²) in [6, 6.07) is 5.87. The highest BCUT2D eigenvalue weighted by Crippen LogP contribution is 2.11. The Hall–Kier alpha value is -1.84. The summed E-state index contributed by atoms with van der Waals surface area (Å²) in [6.45, 7) is 3.92.